The van der Waals surface area contributed by atoms with E-state index in [-0.39, 0.29) is 23.6 Å². The number of nitrogens with zero attached hydrogens (tertiary/aromatic N) is 2. The lowest BCUT2D eigenvalue weighted by atomic mass is 10.0. The third-order valence-corrected chi connectivity index (χ3v) is 5.62. The summed E-state index contributed by atoms with van der Waals surface area (Å²) in [5.41, 5.74) is 6.82. The Kier molecular flexibility index (Phi) is 7.05. The predicted molar refractivity (Wildman–Crippen MR) is 137 cm³/mol. The fraction of sp³-hybridized carbons (Fsp3) is 0.320. The van der Waals surface area contributed by atoms with Crippen molar-refractivity contribution in [1.82, 2.24) is 4.90 Å². The van der Waals surface area contributed by atoms with Crippen LogP contribution in [0.5, 0.6) is 0 Å². The molecule has 1 heterocycles. The van der Waals surface area contributed by atoms with Gasteiger partial charge in [0.25, 0.3) is 11.6 Å². The minimum Gasteiger partial charge on any atom is -0.444 e. The number of benzene rings is 2. The summed E-state index contributed by atoms with van der Waals surface area (Å²) in [6, 6.07) is 12.0. The Bertz CT molecular complexity index is 1240. The first-order chi connectivity index (χ1) is 16.7. The second-order valence-corrected chi connectivity index (χ2v) is 9.86. The monoisotopic (exact) mass is 494 g/mol. The summed E-state index contributed by atoms with van der Waals surface area (Å²) in [4.78, 5) is 37.0. The maximum absolute atomic E-state index is 12.7. The molecule has 2 aromatic rings. The molecule has 11 nitrogen and oxygen atoms in total. The minimum atomic E-state index is -0.841. The highest BCUT2D eigenvalue weighted by Gasteiger charge is 2.44. The Hall–Kier alpha value is -4.41. The predicted octanol–water partition coefficient (Wildman–Crippen LogP) is 4.48. The van der Waals surface area contributed by atoms with Gasteiger partial charge in [-0.05, 0) is 65.0 Å². The smallest absolute Gasteiger partial charge is 0.411 e. The van der Waals surface area contributed by atoms with Crippen LogP contribution in [0.25, 0.3) is 0 Å². The van der Waals surface area contributed by atoms with Crippen molar-refractivity contribution in [2.24, 2.45) is 5.73 Å². The summed E-state index contributed by atoms with van der Waals surface area (Å²) in [5, 5.41) is 25.1. The van der Waals surface area contributed by atoms with Crippen molar-refractivity contribution in [2.45, 2.75) is 45.8 Å². The summed E-state index contributed by atoms with van der Waals surface area (Å²) < 4.78 is 5.50. The van der Waals surface area contributed by atoms with Crippen LogP contribution in [-0.2, 0) is 4.74 Å². The Morgan fingerprint density at radius 3 is 2.25 bits per heavy atom. The molecule has 11 heteroatoms. The first-order valence-corrected chi connectivity index (χ1v) is 11.2. The number of non-ortho nitro benzene ring substituents is 1. The van der Waals surface area contributed by atoms with Gasteiger partial charge in [-0.2, -0.15) is 0 Å². The number of nitro benzene ring substituents is 1. The van der Waals surface area contributed by atoms with Crippen LogP contribution in [0.2, 0.25) is 0 Å². The lowest BCUT2D eigenvalue weighted by molar-refractivity contribution is -0.384. The molecule has 190 valence electrons. The van der Waals surface area contributed by atoms with Crippen molar-refractivity contribution in [3.63, 3.8) is 0 Å². The van der Waals surface area contributed by atoms with E-state index < -0.39 is 28.1 Å². The zero-order chi connectivity index (χ0) is 26.8. The van der Waals surface area contributed by atoms with E-state index in [0.717, 1.165) is 0 Å². The summed E-state index contributed by atoms with van der Waals surface area (Å²) >= 11 is 0. The molecular formula is C25H30N6O5. The molecule has 0 aromatic heterocycles. The molecule has 0 radical (unpaired) electrons. The Balaban J connectivity index is 1.71. The molecule has 0 aliphatic carbocycles. The molecule has 36 heavy (non-hydrogen) atoms. The van der Waals surface area contributed by atoms with E-state index in [2.05, 4.69) is 10.6 Å². The van der Waals surface area contributed by atoms with Crippen LogP contribution in [0.1, 0.15) is 45.0 Å². The van der Waals surface area contributed by atoms with Gasteiger partial charge in [0.2, 0.25) is 0 Å². The van der Waals surface area contributed by atoms with Gasteiger partial charge in [-0.3, -0.25) is 25.2 Å². The molecule has 1 aliphatic heterocycles. The molecule has 0 unspecified atom stereocenters. The van der Waals surface area contributed by atoms with Gasteiger partial charge in [-0.1, -0.05) is 6.07 Å². The third-order valence-electron chi connectivity index (χ3n) is 5.62. The topological polar surface area (TPSA) is 164 Å². The number of anilines is 2. The summed E-state index contributed by atoms with van der Waals surface area (Å²) in [5.74, 6) is -0.417. The number of hydrogen-bond acceptors (Lipinski definition) is 7. The fourth-order valence-electron chi connectivity index (χ4n) is 3.61. The highest BCUT2D eigenvalue weighted by Crippen LogP contribution is 2.33. The number of rotatable bonds is 5. The van der Waals surface area contributed by atoms with Gasteiger partial charge in [0.15, 0.2) is 0 Å². The standard InChI is InChI=1S/C25H30N6O5/c1-24(2,3)36-23(33)30-14-19(20(26)25(30,4)5)21(27)28-16-7-6-8-17(13-16)29-22(32)15-9-11-18(12-10-15)31(34)35/h6-13H,14,26H2,1-5H3,(H2,27,28)(H,29,32). The van der Waals surface area contributed by atoms with E-state index in [1.807, 2.05) is 0 Å². The maximum Gasteiger partial charge on any atom is 0.411 e. The number of nitro groups is 1. The molecule has 0 bridgehead atoms. The van der Waals surface area contributed by atoms with Gasteiger partial charge in [0, 0.05) is 40.3 Å². The zero-order valence-corrected chi connectivity index (χ0v) is 20.8. The van der Waals surface area contributed by atoms with Gasteiger partial charge >= 0.3 is 6.09 Å². The first-order valence-electron chi connectivity index (χ1n) is 11.2. The van der Waals surface area contributed by atoms with Crippen molar-refractivity contribution < 1.29 is 19.2 Å². The number of amidine groups is 1. The Morgan fingerprint density at radius 2 is 1.69 bits per heavy atom. The molecule has 2 amide bonds. The number of carbonyl (C=O) groups excluding carboxylic acids is 2. The van der Waals surface area contributed by atoms with Crippen LogP contribution < -0.4 is 16.4 Å². The number of nitrogens with two attached hydrogens (primary N) is 1. The van der Waals surface area contributed by atoms with Gasteiger partial charge in [-0.25, -0.2) is 4.79 Å². The molecular weight excluding hydrogens is 464 g/mol. The van der Waals surface area contributed by atoms with Crippen LogP contribution in [0, 0.1) is 15.5 Å². The Labute approximate surface area is 209 Å². The average molecular weight is 495 g/mol. The van der Waals surface area contributed by atoms with Gasteiger partial charge < -0.3 is 21.1 Å². The van der Waals surface area contributed by atoms with Crippen LogP contribution in [0.3, 0.4) is 0 Å². The summed E-state index contributed by atoms with van der Waals surface area (Å²) in [6.45, 7) is 9.03. The summed E-state index contributed by atoms with van der Waals surface area (Å²) in [6.07, 6.45) is -0.519. The molecule has 2 aromatic carbocycles. The Morgan fingerprint density at radius 1 is 1.11 bits per heavy atom. The van der Waals surface area contributed by atoms with Crippen molar-refractivity contribution in [3.8, 4) is 0 Å². The number of hydrogen-bond donors (Lipinski definition) is 4. The van der Waals surface area contributed by atoms with Crippen molar-refractivity contribution in [2.75, 3.05) is 17.2 Å². The lowest BCUT2D eigenvalue weighted by Gasteiger charge is -2.34. The molecule has 0 spiro atoms. The second-order valence-electron chi connectivity index (χ2n) is 9.86. The number of carbonyl (C=O) groups is 2. The minimum absolute atomic E-state index is 0.0190. The van der Waals surface area contributed by atoms with Crippen molar-refractivity contribution in [1.29, 1.82) is 5.41 Å². The fourth-order valence-corrected chi connectivity index (χ4v) is 3.61. The lowest BCUT2D eigenvalue weighted by Crippen LogP contribution is -2.48. The molecule has 0 fully saturated rings. The van der Waals surface area contributed by atoms with Crippen molar-refractivity contribution >= 4 is 34.9 Å². The van der Waals surface area contributed by atoms with Gasteiger partial charge in [0.1, 0.15) is 11.4 Å². The SMILES string of the molecule is CC(C)(C)OC(=O)N1CC(C(=N)Nc2cccc(NC(=O)c3ccc([N+](=O)[O-])cc3)c2)=C(N)C1(C)C. The third kappa shape index (κ3) is 5.80. The normalized spacial score (nSPS) is 14.9. The highest BCUT2D eigenvalue weighted by molar-refractivity contribution is 6.08. The van der Waals surface area contributed by atoms with E-state index >= 15 is 0 Å². The van der Waals surface area contributed by atoms with Crippen LogP contribution >= 0.6 is 0 Å². The highest BCUT2D eigenvalue weighted by atomic mass is 16.6. The van der Waals surface area contributed by atoms with E-state index in [9.17, 15) is 19.7 Å². The zero-order valence-electron chi connectivity index (χ0n) is 20.8. The van der Waals surface area contributed by atoms with E-state index in [1.165, 1.54) is 29.2 Å². The van der Waals surface area contributed by atoms with Crippen LogP contribution in [-0.4, -0.2) is 45.3 Å². The van der Waals surface area contributed by atoms with Crippen molar-refractivity contribution in [3.05, 3.63) is 75.5 Å². The maximum atomic E-state index is 12.7. The van der Waals surface area contributed by atoms with E-state index in [1.54, 1.807) is 58.9 Å². The van der Waals surface area contributed by atoms with E-state index in [0.29, 0.717) is 22.6 Å². The number of ether oxygens (including phenoxy) is 1. The molecule has 3 rings (SSSR count). The molecule has 5 N–H and O–H groups in total. The van der Waals surface area contributed by atoms with E-state index in [4.69, 9.17) is 15.9 Å². The molecule has 0 atom stereocenters. The largest absolute Gasteiger partial charge is 0.444 e. The summed E-state index contributed by atoms with van der Waals surface area (Å²) in [7, 11) is 0. The number of amides is 2. The quantitative estimate of drug-likeness (QED) is 0.206. The second kappa shape index (κ2) is 9.68. The van der Waals surface area contributed by atoms with Crippen LogP contribution in [0.4, 0.5) is 21.9 Å². The van der Waals surface area contributed by atoms with Gasteiger partial charge in [-0.15, -0.1) is 0 Å². The molecule has 0 saturated heterocycles. The molecule has 0 saturated carbocycles. The van der Waals surface area contributed by atoms with Crippen LogP contribution in [0.15, 0.2) is 59.8 Å². The molecule has 1 aliphatic rings. The first kappa shape index (κ1) is 26.2. The van der Waals surface area contributed by atoms with Gasteiger partial charge in [0.05, 0.1) is 17.0 Å². The average Bonchev–Trinajstić information content (AvgIpc) is 3.02. The number of nitrogens with one attached hydrogen (secondary N) is 3.